The largest absolute Gasteiger partial charge is 0.496 e. The first-order chi connectivity index (χ1) is 12.3. The number of methoxy groups -OCH3 is 1. The monoisotopic (exact) mass is 422 g/mol. The SMILES string of the molecule is COc1ccc(NC(=O)C(C)OC(=O)c2ccc(Br)cc2)c([N+](=O)[O-])c1. The van der Waals surface area contributed by atoms with Crippen LogP contribution >= 0.6 is 15.9 Å². The number of nitrogens with zero attached hydrogens (tertiary/aromatic N) is 1. The maximum atomic E-state index is 12.2. The molecule has 0 spiro atoms. The van der Waals surface area contributed by atoms with Crippen LogP contribution in [0, 0.1) is 10.1 Å². The smallest absolute Gasteiger partial charge is 0.338 e. The maximum absolute atomic E-state index is 12.2. The van der Waals surface area contributed by atoms with E-state index < -0.39 is 22.9 Å². The molecule has 0 radical (unpaired) electrons. The Morgan fingerprint density at radius 1 is 1.19 bits per heavy atom. The molecule has 0 heterocycles. The summed E-state index contributed by atoms with van der Waals surface area (Å²) in [7, 11) is 1.38. The van der Waals surface area contributed by atoms with Crippen molar-refractivity contribution >= 4 is 39.2 Å². The van der Waals surface area contributed by atoms with E-state index >= 15 is 0 Å². The molecule has 2 aromatic carbocycles. The second kappa shape index (κ2) is 8.43. The van der Waals surface area contributed by atoms with E-state index in [0.29, 0.717) is 0 Å². The van der Waals surface area contributed by atoms with Gasteiger partial charge in [0.25, 0.3) is 11.6 Å². The third kappa shape index (κ3) is 4.79. The topological polar surface area (TPSA) is 108 Å². The molecular weight excluding hydrogens is 408 g/mol. The van der Waals surface area contributed by atoms with Gasteiger partial charge in [-0.2, -0.15) is 0 Å². The van der Waals surface area contributed by atoms with Crippen molar-refractivity contribution < 1.29 is 24.0 Å². The average molecular weight is 423 g/mol. The fourth-order valence-corrected chi connectivity index (χ4v) is 2.26. The van der Waals surface area contributed by atoms with E-state index in [2.05, 4.69) is 21.2 Å². The molecule has 136 valence electrons. The summed E-state index contributed by atoms with van der Waals surface area (Å²) in [6.45, 7) is 1.38. The molecule has 2 rings (SSSR count). The Kier molecular flexibility index (Phi) is 6.29. The van der Waals surface area contributed by atoms with Gasteiger partial charge in [-0.05, 0) is 43.3 Å². The molecule has 0 aliphatic rings. The number of anilines is 1. The molecule has 1 N–H and O–H groups in total. The maximum Gasteiger partial charge on any atom is 0.338 e. The minimum Gasteiger partial charge on any atom is -0.496 e. The number of nitro benzene ring substituents is 1. The molecule has 0 aromatic heterocycles. The van der Waals surface area contributed by atoms with E-state index in [9.17, 15) is 19.7 Å². The third-order valence-corrected chi connectivity index (χ3v) is 3.92. The van der Waals surface area contributed by atoms with Crippen molar-refractivity contribution in [2.24, 2.45) is 0 Å². The van der Waals surface area contributed by atoms with Gasteiger partial charge in [0.1, 0.15) is 11.4 Å². The summed E-state index contributed by atoms with van der Waals surface area (Å²) >= 11 is 3.25. The van der Waals surface area contributed by atoms with Gasteiger partial charge in [-0.1, -0.05) is 15.9 Å². The van der Waals surface area contributed by atoms with E-state index in [1.165, 1.54) is 32.2 Å². The van der Waals surface area contributed by atoms with Crippen LogP contribution < -0.4 is 10.1 Å². The zero-order valence-corrected chi connectivity index (χ0v) is 15.5. The van der Waals surface area contributed by atoms with Crippen LogP contribution in [0.15, 0.2) is 46.9 Å². The van der Waals surface area contributed by atoms with Crippen LogP contribution in [-0.2, 0) is 9.53 Å². The van der Waals surface area contributed by atoms with Crippen molar-refractivity contribution in [1.29, 1.82) is 0 Å². The Bertz CT molecular complexity index is 838. The molecule has 8 nitrogen and oxygen atoms in total. The zero-order valence-electron chi connectivity index (χ0n) is 13.9. The second-order valence-corrected chi connectivity index (χ2v) is 6.10. The van der Waals surface area contributed by atoms with Gasteiger partial charge >= 0.3 is 5.97 Å². The van der Waals surface area contributed by atoms with Crippen LogP contribution in [0.4, 0.5) is 11.4 Å². The van der Waals surface area contributed by atoms with Gasteiger partial charge in [0.2, 0.25) is 0 Å². The first-order valence-electron chi connectivity index (χ1n) is 7.41. The molecule has 0 saturated heterocycles. The van der Waals surface area contributed by atoms with Crippen LogP contribution in [0.2, 0.25) is 0 Å². The number of rotatable bonds is 6. The number of carbonyl (C=O) groups excluding carboxylic acids is 2. The summed E-state index contributed by atoms with van der Waals surface area (Å²) in [6.07, 6.45) is -1.15. The highest BCUT2D eigenvalue weighted by Gasteiger charge is 2.23. The lowest BCUT2D eigenvalue weighted by molar-refractivity contribution is -0.384. The quantitative estimate of drug-likeness (QED) is 0.433. The number of esters is 1. The summed E-state index contributed by atoms with van der Waals surface area (Å²) < 4.78 is 10.8. The third-order valence-electron chi connectivity index (χ3n) is 3.39. The van der Waals surface area contributed by atoms with E-state index in [1.54, 1.807) is 24.3 Å². The Morgan fingerprint density at radius 2 is 1.85 bits per heavy atom. The van der Waals surface area contributed by atoms with Gasteiger partial charge in [-0.3, -0.25) is 14.9 Å². The van der Waals surface area contributed by atoms with Crippen LogP contribution in [0.25, 0.3) is 0 Å². The highest BCUT2D eigenvalue weighted by molar-refractivity contribution is 9.10. The van der Waals surface area contributed by atoms with E-state index in [-0.39, 0.29) is 22.7 Å². The highest BCUT2D eigenvalue weighted by Crippen LogP contribution is 2.29. The normalized spacial score (nSPS) is 11.3. The van der Waals surface area contributed by atoms with Crippen molar-refractivity contribution in [2.75, 3.05) is 12.4 Å². The highest BCUT2D eigenvalue weighted by atomic mass is 79.9. The summed E-state index contributed by atoms with van der Waals surface area (Å²) in [6, 6.07) is 10.4. The first kappa shape index (κ1) is 19.4. The molecule has 0 bridgehead atoms. The Balaban J connectivity index is 2.08. The Hall–Kier alpha value is -2.94. The average Bonchev–Trinajstić information content (AvgIpc) is 2.62. The van der Waals surface area contributed by atoms with Crippen LogP contribution in [0.1, 0.15) is 17.3 Å². The van der Waals surface area contributed by atoms with Crippen LogP contribution in [0.5, 0.6) is 5.75 Å². The molecule has 1 atom stereocenters. The molecule has 26 heavy (non-hydrogen) atoms. The molecular formula is C17H15BrN2O6. The summed E-state index contributed by atoms with van der Waals surface area (Å²) in [5.74, 6) is -1.09. The lowest BCUT2D eigenvalue weighted by Gasteiger charge is -2.14. The first-order valence-corrected chi connectivity index (χ1v) is 8.21. The molecule has 2 aromatic rings. The summed E-state index contributed by atoms with van der Waals surface area (Å²) in [5, 5.41) is 13.5. The standard InChI is InChI=1S/C17H15BrN2O6/c1-10(26-17(22)11-3-5-12(18)6-4-11)16(21)19-14-8-7-13(25-2)9-15(14)20(23)24/h3-10H,1-2H3,(H,19,21). The van der Waals surface area contributed by atoms with Gasteiger partial charge < -0.3 is 14.8 Å². The van der Waals surface area contributed by atoms with E-state index in [0.717, 1.165) is 4.47 Å². The summed E-state index contributed by atoms with van der Waals surface area (Å²) in [4.78, 5) is 34.8. The predicted octanol–water partition coefficient (Wildman–Crippen LogP) is 3.55. The number of nitrogens with one attached hydrogen (secondary N) is 1. The Labute approximate surface area is 157 Å². The van der Waals surface area contributed by atoms with Crippen molar-refractivity contribution in [3.05, 3.63) is 62.6 Å². The molecule has 0 aliphatic heterocycles. The minimum atomic E-state index is -1.15. The number of benzene rings is 2. The minimum absolute atomic E-state index is 0.0210. The second-order valence-electron chi connectivity index (χ2n) is 5.18. The van der Waals surface area contributed by atoms with E-state index in [1.807, 2.05) is 0 Å². The van der Waals surface area contributed by atoms with Gasteiger partial charge in [-0.15, -0.1) is 0 Å². The van der Waals surface area contributed by atoms with Gasteiger partial charge in [0.05, 0.1) is 23.7 Å². The molecule has 0 fully saturated rings. The lowest BCUT2D eigenvalue weighted by atomic mass is 10.2. The molecule has 1 unspecified atom stereocenters. The molecule has 1 amide bonds. The number of hydrogen-bond acceptors (Lipinski definition) is 6. The number of halogens is 1. The molecule has 9 heteroatoms. The number of hydrogen-bond donors (Lipinski definition) is 1. The van der Waals surface area contributed by atoms with Crippen LogP contribution in [-0.4, -0.2) is 30.0 Å². The van der Waals surface area contributed by atoms with Crippen molar-refractivity contribution in [3.8, 4) is 5.75 Å². The number of amides is 1. The van der Waals surface area contributed by atoms with Gasteiger partial charge in [-0.25, -0.2) is 4.79 Å². The van der Waals surface area contributed by atoms with Gasteiger partial charge in [0.15, 0.2) is 6.10 Å². The van der Waals surface area contributed by atoms with Crippen molar-refractivity contribution in [3.63, 3.8) is 0 Å². The number of ether oxygens (including phenoxy) is 2. The predicted molar refractivity (Wildman–Crippen MR) is 97.3 cm³/mol. The fraction of sp³-hybridized carbons (Fsp3) is 0.176. The van der Waals surface area contributed by atoms with Gasteiger partial charge in [0, 0.05) is 4.47 Å². The van der Waals surface area contributed by atoms with Crippen molar-refractivity contribution in [2.45, 2.75) is 13.0 Å². The van der Waals surface area contributed by atoms with E-state index in [4.69, 9.17) is 9.47 Å². The van der Waals surface area contributed by atoms with Crippen LogP contribution in [0.3, 0.4) is 0 Å². The van der Waals surface area contributed by atoms with Crippen molar-refractivity contribution in [1.82, 2.24) is 0 Å². The summed E-state index contributed by atoms with van der Waals surface area (Å²) in [5.41, 5.74) is -0.0697. The number of carbonyl (C=O) groups is 2. The lowest BCUT2D eigenvalue weighted by Crippen LogP contribution is -2.30. The number of nitro groups is 1. The zero-order chi connectivity index (χ0) is 19.3. The Morgan fingerprint density at radius 3 is 2.42 bits per heavy atom. The molecule has 0 saturated carbocycles. The fourth-order valence-electron chi connectivity index (χ4n) is 2.00. The molecule has 0 aliphatic carbocycles.